The van der Waals surface area contributed by atoms with Gasteiger partial charge in [-0.3, -0.25) is 10.1 Å². The number of rotatable bonds is 3. The minimum Gasteiger partial charge on any atom is -0.347 e. The van der Waals surface area contributed by atoms with Gasteiger partial charge in [0.25, 0.3) is 5.69 Å². The maximum Gasteiger partial charge on any atom is 0.293 e. The molecule has 2 rings (SSSR count). The SMILES string of the molecule is O=[N+]([O-])c1cc(Br)ccc1Nc1cc(F)ccc1F. The molecule has 0 saturated heterocycles. The molecule has 0 bridgehead atoms. The van der Waals surface area contributed by atoms with Crippen molar-refractivity contribution in [1.29, 1.82) is 0 Å². The van der Waals surface area contributed by atoms with Crippen LogP contribution in [0.4, 0.5) is 25.8 Å². The number of benzene rings is 2. The highest BCUT2D eigenvalue weighted by Crippen LogP contribution is 2.31. The number of anilines is 2. The maximum absolute atomic E-state index is 13.5. The molecule has 2 aromatic rings. The molecule has 98 valence electrons. The minimum absolute atomic E-state index is 0.0812. The zero-order chi connectivity index (χ0) is 14.0. The fourth-order valence-electron chi connectivity index (χ4n) is 1.50. The van der Waals surface area contributed by atoms with E-state index in [1.807, 2.05) is 0 Å². The van der Waals surface area contributed by atoms with Crippen LogP contribution in [0.15, 0.2) is 40.9 Å². The van der Waals surface area contributed by atoms with Gasteiger partial charge in [0.2, 0.25) is 0 Å². The fraction of sp³-hybridized carbons (Fsp3) is 0. The van der Waals surface area contributed by atoms with Crippen molar-refractivity contribution in [2.45, 2.75) is 0 Å². The van der Waals surface area contributed by atoms with Crippen LogP contribution in [0.3, 0.4) is 0 Å². The first-order valence-electron chi connectivity index (χ1n) is 5.13. The van der Waals surface area contributed by atoms with E-state index in [0.29, 0.717) is 4.47 Å². The van der Waals surface area contributed by atoms with E-state index in [2.05, 4.69) is 21.2 Å². The number of nitrogens with zero attached hydrogens (tertiary/aromatic N) is 1. The van der Waals surface area contributed by atoms with Crippen molar-refractivity contribution in [3.63, 3.8) is 0 Å². The Kier molecular flexibility index (Phi) is 3.75. The molecule has 0 saturated carbocycles. The second-order valence-electron chi connectivity index (χ2n) is 3.67. The number of nitrogens with one attached hydrogen (secondary N) is 1. The van der Waals surface area contributed by atoms with Crippen LogP contribution in [0.25, 0.3) is 0 Å². The van der Waals surface area contributed by atoms with Gasteiger partial charge in [0.1, 0.15) is 17.3 Å². The Hall–Kier alpha value is -2.02. The van der Waals surface area contributed by atoms with Crippen LogP contribution < -0.4 is 5.32 Å². The molecule has 0 unspecified atom stereocenters. The summed E-state index contributed by atoms with van der Waals surface area (Å²) in [4.78, 5) is 10.3. The lowest BCUT2D eigenvalue weighted by Gasteiger charge is -2.08. The standard InChI is InChI=1S/C12H7BrF2N2O2/c13-7-1-4-10(12(5-7)17(18)19)16-11-6-8(14)2-3-9(11)15/h1-6,16H. The van der Waals surface area contributed by atoms with Gasteiger partial charge >= 0.3 is 0 Å². The first-order valence-corrected chi connectivity index (χ1v) is 5.92. The van der Waals surface area contributed by atoms with Crippen LogP contribution in [0.5, 0.6) is 0 Å². The number of nitro benzene ring substituents is 1. The molecule has 0 atom stereocenters. The molecule has 4 nitrogen and oxygen atoms in total. The highest BCUT2D eigenvalue weighted by molar-refractivity contribution is 9.10. The minimum atomic E-state index is -0.696. The van der Waals surface area contributed by atoms with E-state index in [9.17, 15) is 18.9 Å². The van der Waals surface area contributed by atoms with Crippen LogP contribution >= 0.6 is 15.9 Å². The van der Waals surface area contributed by atoms with Gasteiger partial charge in [-0.25, -0.2) is 8.78 Å². The van der Waals surface area contributed by atoms with Crippen molar-refractivity contribution in [1.82, 2.24) is 0 Å². The number of hydrogen-bond acceptors (Lipinski definition) is 3. The molecule has 0 aliphatic rings. The van der Waals surface area contributed by atoms with Gasteiger partial charge < -0.3 is 5.32 Å². The summed E-state index contributed by atoms with van der Waals surface area (Å²) in [5.74, 6) is -1.33. The second kappa shape index (κ2) is 5.31. The molecule has 0 amide bonds. The molecule has 0 heterocycles. The average molecular weight is 329 g/mol. The van der Waals surface area contributed by atoms with Crippen molar-refractivity contribution in [3.8, 4) is 0 Å². The van der Waals surface area contributed by atoms with Crippen molar-refractivity contribution in [3.05, 3.63) is 62.6 Å². The van der Waals surface area contributed by atoms with Crippen molar-refractivity contribution in [2.24, 2.45) is 0 Å². The highest BCUT2D eigenvalue weighted by atomic mass is 79.9. The topological polar surface area (TPSA) is 55.2 Å². The Morgan fingerprint density at radius 1 is 1.11 bits per heavy atom. The normalized spacial score (nSPS) is 10.3. The van der Waals surface area contributed by atoms with Crippen molar-refractivity contribution < 1.29 is 13.7 Å². The molecule has 0 aliphatic carbocycles. The van der Waals surface area contributed by atoms with Gasteiger partial charge in [0.15, 0.2) is 0 Å². The third-order valence-corrected chi connectivity index (χ3v) is 2.85. The monoisotopic (exact) mass is 328 g/mol. The van der Waals surface area contributed by atoms with E-state index in [0.717, 1.165) is 18.2 Å². The Bertz CT molecular complexity index is 650. The smallest absolute Gasteiger partial charge is 0.293 e. The van der Waals surface area contributed by atoms with E-state index < -0.39 is 16.6 Å². The highest BCUT2D eigenvalue weighted by Gasteiger charge is 2.15. The Morgan fingerprint density at radius 3 is 2.53 bits per heavy atom. The van der Waals surface area contributed by atoms with E-state index in [1.54, 1.807) is 6.07 Å². The van der Waals surface area contributed by atoms with E-state index in [4.69, 9.17) is 0 Å². The number of hydrogen-bond donors (Lipinski definition) is 1. The summed E-state index contributed by atoms with van der Waals surface area (Å²) in [5.41, 5.74) is -0.318. The zero-order valence-electron chi connectivity index (χ0n) is 9.36. The Balaban J connectivity index is 2.43. The van der Waals surface area contributed by atoms with E-state index >= 15 is 0 Å². The predicted octanol–water partition coefficient (Wildman–Crippen LogP) is 4.38. The number of nitro groups is 1. The molecule has 7 heteroatoms. The Morgan fingerprint density at radius 2 is 1.84 bits per heavy atom. The van der Waals surface area contributed by atoms with Crippen LogP contribution in [-0.2, 0) is 0 Å². The van der Waals surface area contributed by atoms with Crippen LogP contribution in [0.1, 0.15) is 0 Å². The summed E-state index contributed by atoms with van der Waals surface area (Å²) in [6.07, 6.45) is 0. The summed E-state index contributed by atoms with van der Waals surface area (Å²) in [7, 11) is 0. The van der Waals surface area contributed by atoms with Gasteiger partial charge in [-0.1, -0.05) is 15.9 Å². The van der Waals surface area contributed by atoms with Crippen molar-refractivity contribution in [2.75, 3.05) is 5.32 Å². The van der Waals surface area contributed by atoms with Gasteiger partial charge in [0.05, 0.1) is 10.6 Å². The third kappa shape index (κ3) is 3.05. The molecule has 0 aromatic heterocycles. The molecule has 0 spiro atoms. The number of halogens is 3. The van der Waals surface area contributed by atoms with Crippen molar-refractivity contribution >= 4 is 33.0 Å². The molecular formula is C12H7BrF2N2O2. The molecule has 0 aliphatic heterocycles. The molecule has 1 N–H and O–H groups in total. The summed E-state index contributed by atoms with van der Waals surface area (Å²) in [6.45, 7) is 0. The summed E-state index contributed by atoms with van der Waals surface area (Å²) < 4.78 is 27.0. The van der Waals surface area contributed by atoms with E-state index in [1.165, 1.54) is 12.1 Å². The van der Waals surface area contributed by atoms with Crippen LogP contribution in [-0.4, -0.2) is 4.92 Å². The second-order valence-corrected chi connectivity index (χ2v) is 4.58. The maximum atomic E-state index is 13.5. The van der Waals surface area contributed by atoms with E-state index in [-0.39, 0.29) is 17.1 Å². The molecule has 0 fully saturated rings. The largest absolute Gasteiger partial charge is 0.347 e. The first-order chi connectivity index (χ1) is 8.97. The first kappa shape index (κ1) is 13.4. The molecule has 2 aromatic carbocycles. The lowest BCUT2D eigenvalue weighted by Crippen LogP contribution is -1.99. The molecule has 19 heavy (non-hydrogen) atoms. The summed E-state index contributed by atoms with van der Waals surface area (Å²) >= 11 is 3.11. The van der Waals surface area contributed by atoms with Gasteiger partial charge in [0, 0.05) is 16.6 Å². The Labute approximate surface area is 115 Å². The average Bonchev–Trinajstić information content (AvgIpc) is 2.35. The van der Waals surface area contributed by atoms with Crippen LogP contribution in [0.2, 0.25) is 0 Å². The van der Waals surface area contributed by atoms with Crippen LogP contribution in [0, 0.1) is 21.7 Å². The lowest BCUT2D eigenvalue weighted by atomic mass is 10.2. The molecular weight excluding hydrogens is 322 g/mol. The fourth-order valence-corrected chi connectivity index (χ4v) is 1.85. The quantitative estimate of drug-likeness (QED) is 0.672. The molecule has 0 radical (unpaired) electrons. The summed E-state index contributed by atoms with van der Waals surface area (Å²) in [5, 5.41) is 13.4. The van der Waals surface area contributed by atoms with Gasteiger partial charge in [-0.15, -0.1) is 0 Å². The summed E-state index contributed by atoms with van der Waals surface area (Å²) in [6, 6.07) is 7.10. The predicted molar refractivity (Wildman–Crippen MR) is 70.4 cm³/mol. The zero-order valence-corrected chi connectivity index (χ0v) is 10.9. The third-order valence-electron chi connectivity index (χ3n) is 2.35. The lowest BCUT2D eigenvalue weighted by molar-refractivity contribution is -0.384. The van der Waals surface area contributed by atoms with Gasteiger partial charge in [-0.05, 0) is 24.3 Å². The van der Waals surface area contributed by atoms with Gasteiger partial charge in [-0.2, -0.15) is 0 Å².